The lowest BCUT2D eigenvalue weighted by atomic mass is 10.0. The molecule has 3 aromatic rings. The normalized spacial score (nSPS) is 10.9. The third kappa shape index (κ3) is 2.50. The summed E-state index contributed by atoms with van der Waals surface area (Å²) >= 11 is 0. The van der Waals surface area contributed by atoms with Crippen LogP contribution >= 0.6 is 0 Å². The molecule has 0 aliphatic rings. The molecule has 0 bridgehead atoms. The van der Waals surface area contributed by atoms with Gasteiger partial charge >= 0.3 is 0 Å². The fourth-order valence-electron chi connectivity index (χ4n) is 2.19. The Balaban J connectivity index is 1.90. The first-order valence-electron chi connectivity index (χ1n) is 6.86. The maximum Gasteiger partial charge on any atom is 0.167 e. The minimum absolute atomic E-state index is 0.543. The molecule has 0 N–H and O–H groups in total. The molecule has 0 saturated carbocycles. The van der Waals surface area contributed by atoms with Crippen LogP contribution in [0.5, 0.6) is 0 Å². The van der Waals surface area contributed by atoms with Crippen molar-refractivity contribution >= 4 is 0 Å². The number of hydrogen-bond donors (Lipinski definition) is 0. The summed E-state index contributed by atoms with van der Waals surface area (Å²) < 4.78 is 5.43. The molecule has 1 aromatic heterocycles. The molecular formula is C18H17NO. The Morgan fingerprint density at radius 3 is 2.20 bits per heavy atom. The van der Waals surface area contributed by atoms with E-state index in [1.807, 2.05) is 36.4 Å². The van der Waals surface area contributed by atoms with Crippen LogP contribution in [0.15, 0.2) is 65.2 Å². The molecule has 0 atom stereocenters. The zero-order chi connectivity index (χ0) is 13.9. The summed E-state index contributed by atoms with van der Waals surface area (Å²) in [7, 11) is 0. The summed E-state index contributed by atoms with van der Waals surface area (Å²) in [5, 5.41) is 4.16. The van der Waals surface area contributed by atoms with Gasteiger partial charge < -0.3 is 4.52 Å². The van der Waals surface area contributed by atoms with Gasteiger partial charge in [-0.2, -0.15) is 0 Å². The fourth-order valence-corrected chi connectivity index (χ4v) is 2.19. The molecule has 0 fully saturated rings. The predicted molar refractivity (Wildman–Crippen MR) is 81.5 cm³/mol. The Bertz CT molecular complexity index is 681. The highest BCUT2D eigenvalue weighted by molar-refractivity contribution is 5.66. The molecule has 0 aliphatic carbocycles. The average molecular weight is 263 g/mol. The second-order valence-electron chi connectivity index (χ2n) is 5.22. The average Bonchev–Trinajstić information content (AvgIpc) is 2.98. The summed E-state index contributed by atoms with van der Waals surface area (Å²) in [5.41, 5.74) is 4.34. The van der Waals surface area contributed by atoms with Crippen molar-refractivity contribution in [3.63, 3.8) is 0 Å². The highest BCUT2D eigenvalue weighted by Crippen LogP contribution is 2.26. The first-order valence-corrected chi connectivity index (χ1v) is 6.86. The SMILES string of the molecule is CC(C)c1ccc(-c2cc(-c3ccccc3)on2)cc1. The molecule has 1 heterocycles. The van der Waals surface area contributed by atoms with Crippen molar-refractivity contribution in [2.24, 2.45) is 0 Å². The van der Waals surface area contributed by atoms with Crippen LogP contribution in [0.3, 0.4) is 0 Å². The molecule has 0 aliphatic heterocycles. The van der Waals surface area contributed by atoms with Crippen LogP contribution < -0.4 is 0 Å². The van der Waals surface area contributed by atoms with Crippen molar-refractivity contribution < 1.29 is 4.52 Å². The molecule has 0 spiro atoms. The van der Waals surface area contributed by atoms with E-state index in [2.05, 4.69) is 43.3 Å². The third-order valence-electron chi connectivity index (χ3n) is 3.44. The maximum atomic E-state index is 5.43. The topological polar surface area (TPSA) is 26.0 Å². The molecule has 0 amide bonds. The van der Waals surface area contributed by atoms with Gasteiger partial charge in [0.15, 0.2) is 5.76 Å². The molecule has 3 rings (SSSR count). The van der Waals surface area contributed by atoms with Gasteiger partial charge in [-0.3, -0.25) is 0 Å². The van der Waals surface area contributed by atoms with Gasteiger partial charge in [-0.05, 0) is 11.5 Å². The summed E-state index contributed by atoms with van der Waals surface area (Å²) in [6.45, 7) is 4.39. The van der Waals surface area contributed by atoms with E-state index in [-0.39, 0.29) is 0 Å². The molecule has 100 valence electrons. The van der Waals surface area contributed by atoms with Crippen LogP contribution in [0.4, 0.5) is 0 Å². The molecule has 2 heteroatoms. The fraction of sp³-hybridized carbons (Fsp3) is 0.167. The van der Waals surface area contributed by atoms with E-state index < -0.39 is 0 Å². The summed E-state index contributed by atoms with van der Waals surface area (Å²) in [5.74, 6) is 1.34. The predicted octanol–water partition coefficient (Wildman–Crippen LogP) is 5.13. The van der Waals surface area contributed by atoms with Crippen LogP contribution in [0.1, 0.15) is 25.3 Å². The first kappa shape index (κ1) is 12.7. The van der Waals surface area contributed by atoms with Crippen LogP contribution in [0.25, 0.3) is 22.6 Å². The molecule has 0 radical (unpaired) electrons. The van der Waals surface area contributed by atoms with Crippen molar-refractivity contribution in [1.29, 1.82) is 0 Å². The van der Waals surface area contributed by atoms with Crippen molar-refractivity contribution in [3.05, 3.63) is 66.2 Å². The zero-order valence-electron chi connectivity index (χ0n) is 11.7. The van der Waals surface area contributed by atoms with Crippen molar-refractivity contribution in [1.82, 2.24) is 5.16 Å². The molecule has 0 unspecified atom stereocenters. The monoisotopic (exact) mass is 263 g/mol. The third-order valence-corrected chi connectivity index (χ3v) is 3.44. The highest BCUT2D eigenvalue weighted by Gasteiger charge is 2.08. The van der Waals surface area contributed by atoms with Gasteiger partial charge in [-0.1, -0.05) is 73.6 Å². The van der Waals surface area contributed by atoms with Crippen LogP contribution in [0, 0.1) is 0 Å². The van der Waals surface area contributed by atoms with Gasteiger partial charge in [0.05, 0.1) is 0 Å². The van der Waals surface area contributed by atoms with Crippen LogP contribution in [0.2, 0.25) is 0 Å². The van der Waals surface area contributed by atoms with Gasteiger partial charge in [0.25, 0.3) is 0 Å². The Hall–Kier alpha value is -2.35. The summed E-state index contributed by atoms with van der Waals surface area (Å²) in [4.78, 5) is 0. The molecule has 2 nitrogen and oxygen atoms in total. The Kier molecular flexibility index (Phi) is 3.38. The maximum absolute atomic E-state index is 5.43. The number of nitrogens with zero attached hydrogens (tertiary/aromatic N) is 1. The second-order valence-corrected chi connectivity index (χ2v) is 5.22. The molecular weight excluding hydrogens is 246 g/mol. The lowest BCUT2D eigenvalue weighted by molar-refractivity contribution is 0.435. The largest absolute Gasteiger partial charge is 0.356 e. The standard InChI is InChI=1S/C18H17NO/c1-13(2)14-8-10-15(11-9-14)17-12-18(20-19-17)16-6-4-3-5-7-16/h3-13H,1-2H3. The van der Waals surface area contributed by atoms with Crippen molar-refractivity contribution in [3.8, 4) is 22.6 Å². The Morgan fingerprint density at radius 2 is 1.55 bits per heavy atom. The van der Waals surface area contributed by atoms with E-state index in [9.17, 15) is 0 Å². The number of aromatic nitrogens is 1. The van der Waals surface area contributed by atoms with Gasteiger partial charge in [-0.15, -0.1) is 0 Å². The summed E-state index contributed by atoms with van der Waals surface area (Å²) in [6.07, 6.45) is 0. The van der Waals surface area contributed by atoms with Crippen LogP contribution in [-0.4, -0.2) is 5.16 Å². The number of hydrogen-bond acceptors (Lipinski definition) is 2. The van der Waals surface area contributed by atoms with E-state index in [0.29, 0.717) is 5.92 Å². The Labute approximate surface area is 119 Å². The van der Waals surface area contributed by atoms with E-state index in [0.717, 1.165) is 22.6 Å². The smallest absolute Gasteiger partial charge is 0.167 e. The van der Waals surface area contributed by atoms with Crippen molar-refractivity contribution in [2.75, 3.05) is 0 Å². The first-order chi connectivity index (χ1) is 9.74. The van der Waals surface area contributed by atoms with Gasteiger partial charge in [-0.25, -0.2) is 0 Å². The Morgan fingerprint density at radius 1 is 0.850 bits per heavy atom. The second kappa shape index (κ2) is 5.33. The molecule has 20 heavy (non-hydrogen) atoms. The quantitative estimate of drug-likeness (QED) is 0.654. The van der Waals surface area contributed by atoms with Crippen molar-refractivity contribution in [2.45, 2.75) is 19.8 Å². The summed E-state index contributed by atoms with van der Waals surface area (Å²) in [6, 6.07) is 20.5. The molecule has 0 saturated heterocycles. The number of rotatable bonds is 3. The lowest BCUT2D eigenvalue weighted by Gasteiger charge is -2.04. The lowest BCUT2D eigenvalue weighted by Crippen LogP contribution is -1.86. The van der Waals surface area contributed by atoms with Gasteiger partial charge in [0, 0.05) is 17.2 Å². The zero-order valence-corrected chi connectivity index (χ0v) is 11.7. The highest BCUT2D eigenvalue weighted by atomic mass is 16.5. The van der Waals surface area contributed by atoms with E-state index in [4.69, 9.17) is 4.52 Å². The van der Waals surface area contributed by atoms with Crippen LogP contribution in [-0.2, 0) is 0 Å². The minimum Gasteiger partial charge on any atom is -0.356 e. The van der Waals surface area contributed by atoms with Gasteiger partial charge in [0.1, 0.15) is 5.69 Å². The van der Waals surface area contributed by atoms with E-state index in [1.165, 1.54) is 5.56 Å². The van der Waals surface area contributed by atoms with E-state index >= 15 is 0 Å². The minimum atomic E-state index is 0.543. The number of benzene rings is 2. The molecule has 2 aromatic carbocycles. The van der Waals surface area contributed by atoms with Gasteiger partial charge in [0.2, 0.25) is 0 Å². The van der Waals surface area contributed by atoms with E-state index in [1.54, 1.807) is 0 Å².